The minimum atomic E-state index is -0.736. The molecule has 2 atom stereocenters. The van der Waals surface area contributed by atoms with Crippen LogP contribution < -0.4 is 9.47 Å². The molecule has 0 amide bonds. The van der Waals surface area contributed by atoms with E-state index >= 15 is 0 Å². The molecule has 6 nitrogen and oxygen atoms in total. The van der Waals surface area contributed by atoms with E-state index in [1.165, 1.54) is 0 Å². The molecule has 0 radical (unpaired) electrons. The van der Waals surface area contributed by atoms with Gasteiger partial charge in [-0.15, -0.1) is 0 Å². The summed E-state index contributed by atoms with van der Waals surface area (Å²) in [6.07, 6.45) is 3.45. The zero-order chi connectivity index (χ0) is 25.6. The number of ether oxygens (including phenoxy) is 2. The summed E-state index contributed by atoms with van der Waals surface area (Å²) in [4.78, 5) is 18.9. The molecule has 0 saturated carbocycles. The second kappa shape index (κ2) is 11.4. The molecule has 3 aromatic carbocycles. The molecule has 4 aromatic rings. The van der Waals surface area contributed by atoms with Crippen molar-refractivity contribution in [1.82, 2.24) is 9.88 Å². The van der Waals surface area contributed by atoms with Gasteiger partial charge in [-0.05, 0) is 67.3 Å². The number of carbonyl (C=O) groups is 1. The highest BCUT2D eigenvalue weighted by molar-refractivity contribution is 5.79. The summed E-state index contributed by atoms with van der Waals surface area (Å²) in [5, 5.41) is 10.8. The number of nitrogens with zero attached hydrogens (tertiary/aromatic N) is 2. The van der Waals surface area contributed by atoms with Gasteiger partial charge in [-0.1, -0.05) is 54.6 Å². The molecule has 0 bridgehead atoms. The molecular weight excluding hydrogens is 464 g/mol. The van der Waals surface area contributed by atoms with Gasteiger partial charge in [-0.3, -0.25) is 14.7 Å². The number of benzene rings is 3. The van der Waals surface area contributed by atoms with Crippen LogP contribution in [0.4, 0.5) is 0 Å². The van der Waals surface area contributed by atoms with Crippen LogP contribution in [0.2, 0.25) is 0 Å². The van der Waals surface area contributed by atoms with E-state index in [-0.39, 0.29) is 12.0 Å². The number of hydrogen-bond donors (Lipinski definition) is 1. The van der Waals surface area contributed by atoms with Crippen LogP contribution in [0.25, 0.3) is 10.9 Å². The zero-order valence-corrected chi connectivity index (χ0v) is 21.0. The quantitative estimate of drug-likeness (QED) is 0.302. The summed E-state index contributed by atoms with van der Waals surface area (Å²) >= 11 is 0. The summed E-state index contributed by atoms with van der Waals surface area (Å²) < 4.78 is 12.2. The topological polar surface area (TPSA) is 71.9 Å². The molecule has 190 valence electrons. The third-order valence-corrected chi connectivity index (χ3v) is 6.92. The van der Waals surface area contributed by atoms with Gasteiger partial charge in [0.05, 0.1) is 24.1 Å². The SMILES string of the molecule is CCOc1cc(C(c2cnc3ccccc3c2)N2CCCC(C(=O)O)C2)ccc1OCc1ccccc1. The van der Waals surface area contributed by atoms with Gasteiger partial charge in [0, 0.05) is 18.1 Å². The highest BCUT2D eigenvalue weighted by Gasteiger charge is 2.32. The summed E-state index contributed by atoms with van der Waals surface area (Å²) in [7, 11) is 0. The second-order valence-corrected chi connectivity index (χ2v) is 9.45. The molecule has 0 aliphatic carbocycles. The zero-order valence-electron chi connectivity index (χ0n) is 21.0. The lowest BCUT2D eigenvalue weighted by Crippen LogP contribution is -2.41. The molecule has 0 spiro atoms. The normalized spacial score (nSPS) is 16.8. The number of piperidine rings is 1. The minimum absolute atomic E-state index is 0.151. The van der Waals surface area contributed by atoms with Gasteiger partial charge in [-0.25, -0.2) is 0 Å². The fourth-order valence-electron chi connectivity index (χ4n) is 5.11. The van der Waals surface area contributed by atoms with Crippen molar-refractivity contribution >= 4 is 16.9 Å². The number of aromatic nitrogens is 1. The number of carboxylic acid groups (broad SMARTS) is 1. The Morgan fingerprint density at radius 3 is 2.62 bits per heavy atom. The van der Waals surface area contributed by atoms with Gasteiger partial charge in [0.15, 0.2) is 11.5 Å². The van der Waals surface area contributed by atoms with Crippen molar-refractivity contribution in [2.45, 2.75) is 32.4 Å². The predicted octanol–water partition coefficient (Wildman–Crippen LogP) is 6.10. The van der Waals surface area contributed by atoms with Crippen molar-refractivity contribution < 1.29 is 19.4 Å². The Morgan fingerprint density at radius 2 is 1.81 bits per heavy atom. The molecule has 2 unspecified atom stereocenters. The largest absolute Gasteiger partial charge is 0.490 e. The Hall–Kier alpha value is -3.90. The van der Waals surface area contributed by atoms with Gasteiger partial charge >= 0.3 is 5.97 Å². The molecule has 6 heteroatoms. The third-order valence-electron chi connectivity index (χ3n) is 6.92. The number of pyridine rings is 1. The number of carboxylic acids is 1. The summed E-state index contributed by atoms with van der Waals surface area (Å²) in [5.74, 6) is 0.248. The van der Waals surface area contributed by atoms with Gasteiger partial charge in [-0.2, -0.15) is 0 Å². The van der Waals surface area contributed by atoms with Crippen LogP contribution in [-0.2, 0) is 11.4 Å². The second-order valence-electron chi connectivity index (χ2n) is 9.45. The van der Waals surface area contributed by atoms with E-state index in [2.05, 4.69) is 23.1 Å². The van der Waals surface area contributed by atoms with E-state index in [0.717, 1.165) is 40.6 Å². The number of aliphatic carboxylic acids is 1. The van der Waals surface area contributed by atoms with Crippen LogP contribution in [0.1, 0.15) is 42.5 Å². The average Bonchev–Trinajstić information content (AvgIpc) is 2.93. The molecule has 37 heavy (non-hydrogen) atoms. The van der Waals surface area contributed by atoms with Crippen molar-refractivity contribution in [3.8, 4) is 11.5 Å². The van der Waals surface area contributed by atoms with E-state index in [0.29, 0.717) is 37.7 Å². The van der Waals surface area contributed by atoms with Gasteiger partial charge < -0.3 is 14.6 Å². The van der Waals surface area contributed by atoms with Gasteiger partial charge in [0.2, 0.25) is 0 Å². The summed E-state index contributed by atoms with van der Waals surface area (Å²) in [6.45, 7) is 4.23. The monoisotopic (exact) mass is 496 g/mol. The highest BCUT2D eigenvalue weighted by atomic mass is 16.5. The standard InChI is InChI=1S/C31H32N2O4/c1-2-36-29-18-24(14-15-28(29)37-21-22-9-4-3-5-10-22)30(33-16-8-12-25(20-33)31(34)35)26-17-23-11-6-7-13-27(23)32-19-26/h3-7,9-11,13-15,17-19,25,30H,2,8,12,16,20-21H2,1H3,(H,34,35). The highest BCUT2D eigenvalue weighted by Crippen LogP contribution is 2.38. The van der Waals surface area contributed by atoms with Crippen LogP contribution in [0.3, 0.4) is 0 Å². The van der Waals surface area contributed by atoms with Gasteiger partial charge in [0.1, 0.15) is 6.61 Å². The van der Waals surface area contributed by atoms with Crippen LogP contribution in [-0.4, -0.2) is 40.7 Å². The molecule has 1 saturated heterocycles. The molecule has 1 N–H and O–H groups in total. The lowest BCUT2D eigenvalue weighted by atomic mass is 9.91. The maximum Gasteiger partial charge on any atom is 0.307 e. The fraction of sp³-hybridized carbons (Fsp3) is 0.290. The van der Waals surface area contributed by atoms with E-state index in [1.807, 2.05) is 73.8 Å². The molecular formula is C31H32N2O4. The van der Waals surface area contributed by atoms with Crippen molar-refractivity contribution in [2.24, 2.45) is 5.92 Å². The first-order valence-corrected chi connectivity index (χ1v) is 12.9. The van der Waals surface area contributed by atoms with E-state index in [9.17, 15) is 9.90 Å². The Balaban J connectivity index is 1.52. The van der Waals surface area contributed by atoms with E-state index in [4.69, 9.17) is 14.5 Å². The molecule has 1 aliphatic heterocycles. The average molecular weight is 497 g/mol. The number of likely N-dealkylation sites (tertiary alicyclic amines) is 1. The lowest BCUT2D eigenvalue weighted by Gasteiger charge is -2.37. The molecule has 1 aliphatic rings. The first kappa shape index (κ1) is 24.8. The number of fused-ring (bicyclic) bond motifs is 1. The van der Waals surface area contributed by atoms with Crippen molar-refractivity contribution in [2.75, 3.05) is 19.7 Å². The van der Waals surface area contributed by atoms with E-state index < -0.39 is 5.97 Å². The number of rotatable bonds is 9. The Labute approximate surface area is 217 Å². The summed E-state index contributed by atoms with van der Waals surface area (Å²) in [6, 6.07) is 26.2. The summed E-state index contributed by atoms with van der Waals surface area (Å²) in [5.41, 5.74) is 4.08. The maximum atomic E-state index is 11.9. The Kier molecular flexibility index (Phi) is 7.66. The maximum absolute atomic E-state index is 11.9. The first-order valence-electron chi connectivity index (χ1n) is 12.9. The molecule has 1 fully saturated rings. The number of hydrogen-bond acceptors (Lipinski definition) is 5. The molecule has 2 heterocycles. The lowest BCUT2D eigenvalue weighted by molar-refractivity contribution is -0.143. The fourth-order valence-corrected chi connectivity index (χ4v) is 5.11. The van der Waals surface area contributed by atoms with Crippen molar-refractivity contribution in [3.05, 3.63) is 102 Å². The number of para-hydroxylation sites is 1. The third kappa shape index (κ3) is 5.75. The van der Waals surface area contributed by atoms with Crippen LogP contribution in [0.15, 0.2) is 85.1 Å². The van der Waals surface area contributed by atoms with E-state index in [1.54, 1.807) is 0 Å². The molecule has 5 rings (SSSR count). The van der Waals surface area contributed by atoms with Crippen molar-refractivity contribution in [3.63, 3.8) is 0 Å². The minimum Gasteiger partial charge on any atom is -0.490 e. The van der Waals surface area contributed by atoms with Crippen LogP contribution in [0, 0.1) is 5.92 Å². The molecule has 1 aromatic heterocycles. The van der Waals surface area contributed by atoms with Crippen LogP contribution in [0.5, 0.6) is 11.5 Å². The Bertz CT molecular complexity index is 1360. The van der Waals surface area contributed by atoms with Gasteiger partial charge in [0.25, 0.3) is 0 Å². The smallest absolute Gasteiger partial charge is 0.307 e. The predicted molar refractivity (Wildman–Crippen MR) is 144 cm³/mol. The van der Waals surface area contributed by atoms with Crippen molar-refractivity contribution in [1.29, 1.82) is 0 Å². The Morgan fingerprint density at radius 1 is 1.00 bits per heavy atom. The van der Waals surface area contributed by atoms with Crippen LogP contribution >= 0.6 is 0 Å². The first-order chi connectivity index (χ1) is 18.1.